The number of hydrogen-bond donors (Lipinski definition) is 0. The fraction of sp³-hybridized carbons (Fsp3) is 0. The van der Waals surface area contributed by atoms with E-state index in [1.165, 1.54) is 15.5 Å². The third-order valence-corrected chi connectivity index (χ3v) is 11.9. The van der Waals surface area contributed by atoms with Crippen LogP contribution in [0.2, 0.25) is 0 Å². The first-order valence-corrected chi connectivity index (χ1v) is 18.2. The lowest BCUT2D eigenvalue weighted by molar-refractivity contribution is 1.08. The summed E-state index contributed by atoms with van der Waals surface area (Å²) in [6.07, 6.45) is 0. The van der Waals surface area contributed by atoms with Gasteiger partial charge in [0.25, 0.3) is 0 Å². The monoisotopic (exact) mass is 691 g/mol. The predicted molar refractivity (Wildman–Crippen MR) is 216 cm³/mol. The molecule has 0 saturated heterocycles. The van der Waals surface area contributed by atoms with Gasteiger partial charge in [-0.1, -0.05) is 109 Å². The van der Waals surface area contributed by atoms with Gasteiger partial charge in [-0.15, -0.1) is 22.7 Å². The second-order valence-corrected chi connectivity index (χ2v) is 14.6. The predicted octanol–water partition coefficient (Wildman–Crippen LogP) is 12.7. The van der Waals surface area contributed by atoms with Crippen LogP contribution in [0.5, 0.6) is 0 Å². The van der Waals surface area contributed by atoms with E-state index in [0.717, 1.165) is 63.5 Å². The summed E-state index contributed by atoms with van der Waals surface area (Å²) in [5, 5.41) is 6.85. The number of hydrogen-bond acceptors (Lipinski definition) is 5. The highest BCUT2D eigenvalue weighted by Gasteiger charge is 2.18. The molecule has 11 rings (SSSR count). The minimum absolute atomic E-state index is 0.0161. The molecule has 51 heavy (non-hydrogen) atoms. The summed E-state index contributed by atoms with van der Waals surface area (Å²) >= 11 is 3.42. The van der Waals surface area contributed by atoms with E-state index in [9.17, 15) is 0 Å². The Labute approximate surface area is 307 Å². The fourth-order valence-corrected chi connectivity index (χ4v) is 9.59. The summed E-state index contributed by atoms with van der Waals surface area (Å²) < 4.78 is 49.4. The maximum absolute atomic E-state index is 8.78. The number of benzene rings is 7. The summed E-state index contributed by atoms with van der Waals surface area (Å²) in [7, 11) is 0. The molecule has 0 atom stereocenters. The van der Waals surface area contributed by atoms with Crippen LogP contribution < -0.4 is 0 Å². The molecule has 6 heteroatoms. The van der Waals surface area contributed by atoms with Crippen LogP contribution in [-0.4, -0.2) is 19.5 Å². The van der Waals surface area contributed by atoms with E-state index in [0.29, 0.717) is 11.6 Å². The molecule has 0 spiro atoms. The summed E-state index contributed by atoms with van der Waals surface area (Å²) in [4.78, 5) is 14.6. The summed E-state index contributed by atoms with van der Waals surface area (Å²) in [6.45, 7) is 0. The second kappa shape index (κ2) is 11.2. The number of thiophene rings is 2. The zero-order valence-electron chi connectivity index (χ0n) is 31.7. The van der Waals surface area contributed by atoms with Gasteiger partial charge in [-0.3, -0.25) is 0 Å². The Morgan fingerprint density at radius 2 is 1.02 bits per heavy atom. The van der Waals surface area contributed by atoms with E-state index in [2.05, 4.69) is 108 Å². The highest BCUT2D eigenvalue weighted by molar-refractivity contribution is 7.26. The minimum Gasteiger partial charge on any atom is -0.308 e. The zero-order chi connectivity index (χ0) is 37.8. The fourth-order valence-electron chi connectivity index (χ4n) is 7.25. The van der Waals surface area contributed by atoms with Crippen LogP contribution in [0, 0.1) is 0 Å². The van der Waals surface area contributed by atoms with Gasteiger partial charge in [0.2, 0.25) is 0 Å². The van der Waals surface area contributed by atoms with Gasteiger partial charge in [0, 0.05) is 63.1 Å². The van der Waals surface area contributed by atoms with Gasteiger partial charge in [-0.05, 0) is 48.5 Å². The van der Waals surface area contributed by atoms with E-state index in [1.807, 2.05) is 24.3 Å². The lowest BCUT2D eigenvalue weighted by Gasteiger charge is -2.09. The molecule has 4 aromatic heterocycles. The molecule has 0 unspecified atom stereocenters. The highest BCUT2D eigenvalue weighted by atomic mass is 32.1. The summed E-state index contributed by atoms with van der Waals surface area (Å²) in [5.41, 5.74) is 4.78. The third-order valence-electron chi connectivity index (χ3n) is 9.55. The second-order valence-electron chi connectivity index (χ2n) is 12.5. The van der Waals surface area contributed by atoms with Gasteiger partial charge in [0.15, 0.2) is 17.5 Å². The van der Waals surface area contributed by atoms with Crippen molar-refractivity contribution < 1.29 is 6.85 Å². The molecule has 0 bridgehead atoms. The van der Waals surface area contributed by atoms with E-state index in [4.69, 9.17) is 21.8 Å². The molecule has 4 nitrogen and oxygen atoms in total. The van der Waals surface area contributed by atoms with Gasteiger partial charge < -0.3 is 4.57 Å². The van der Waals surface area contributed by atoms with Gasteiger partial charge in [-0.25, -0.2) is 15.0 Å². The molecule has 7 aromatic carbocycles. The first-order chi connectivity index (χ1) is 27.3. The van der Waals surface area contributed by atoms with Crippen molar-refractivity contribution in [1.29, 1.82) is 0 Å². The van der Waals surface area contributed by atoms with E-state index >= 15 is 0 Å². The highest BCUT2D eigenvalue weighted by Crippen LogP contribution is 2.42. The molecule has 0 saturated carbocycles. The summed E-state index contributed by atoms with van der Waals surface area (Å²) in [5.74, 6) is 0.704. The molecule has 11 aromatic rings. The largest absolute Gasteiger partial charge is 0.308 e. The number of para-hydroxylation sites is 2. The quantitative estimate of drug-likeness (QED) is 0.184. The van der Waals surface area contributed by atoms with Gasteiger partial charge in [0.05, 0.1) is 28.3 Å². The van der Waals surface area contributed by atoms with E-state index in [-0.39, 0.29) is 23.5 Å². The van der Waals surface area contributed by atoms with Crippen molar-refractivity contribution in [3.63, 3.8) is 0 Å². The van der Waals surface area contributed by atoms with Crippen LogP contribution in [0.15, 0.2) is 158 Å². The van der Waals surface area contributed by atoms with Gasteiger partial charge in [-0.2, -0.15) is 0 Å². The van der Waals surface area contributed by atoms with Gasteiger partial charge in [0.1, 0.15) is 0 Å². The van der Waals surface area contributed by atoms with Crippen molar-refractivity contribution in [2.24, 2.45) is 0 Å². The SMILES string of the molecule is [2H]c1c([2H])c([2H])c(-c2nc(-c3ccc4c(c3)sc3c(-n5c6ccccc6c6ccccc65)cccc34)nc(-c3ccc4sc5ccccc5c4c3)n2)c([2H])c1[2H]. The standard InChI is InChI=1S/C45H26N4S2/c1-2-11-27(12-3-1)43-46-44(28-22-24-40-35(25-28)32-15-6-9-20-39(32)50-40)48-45(47-43)29-21-23-33-34-16-10-19-38(42(34)51-41(33)26-29)49-36-17-7-4-13-30(36)31-14-5-8-18-37(31)49/h1-26H/i1D,2D,3D,11D,12D. The van der Waals surface area contributed by atoms with Crippen LogP contribution in [0.4, 0.5) is 0 Å². The smallest absolute Gasteiger partial charge is 0.164 e. The Morgan fingerprint density at radius 1 is 0.431 bits per heavy atom. The maximum atomic E-state index is 8.78. The van der Waals surface area contributed by atoms with Crippen LogP contribution in [0.1, 0.15) is 6.85 Å². The van der Waals surface area contributed by atoms with Crippen LogP contribution in [-0.2, 0) is 0 Å². The minimum atomic E-state index is -0.469. The Morgan fingerprint density at radius 3 is 1.78 bits per heavy atom. The van der Waals surface area contributed by atoms with Crippen molar-refractivity contribution >= 4 is 84.8 Å². The Balaban J connectivity index is 1.13. The molecular formula is C45H26N4S2. The van der Waals surface area contributed by atoms with Crippen molar-refractivity contribution in [1.82, 2.24) is 19.5 Å². The molecule has 0 N–H and O–H groups in total. The van der Waals surface area contributed by atoms with E-state index < -0.39 is 18.1 Å². The van der Waals surface area contributed by atoms with Crippen molar-refractivity contribution in [3.8, 4) is 39.9 Å². The summed E-state index contributed by atoms with van der Waals surface area (Å²) in [6, 6.07) is 41.9. The topological polar surface area (TPSA) is 43.6 Å². The Kier molecular flexibility index (Phi) is 5.25. The Hall–Kier alpha value is -6.21. The number of fused-ring (bicyclic) bond motifs is 9. The molecule has 0 radical (unpaired) electrons. The van der Waals surface area contributed by atoms with Crippen molar-refractivity contribution in [3.05, 3.63) is 158 Å². The molecule has 0 aliphatic heterocycles. The van der Waals surface area contributed by atoms with Crippen molar-refractivity contribution in [2.45, 2.75) is 0 Å². The lowest BCUT2D eigenvalue weighted by Crippen LogP contribution is -2.00. The van der Waals surface area contributed by atoms with Crippen LogP contribution >= 0.6 is 22.7 Å². The number of rotatable bonds is 4. The molecule has 0 aliphatic rings. The average molecular weight is 692 g/mol. The first-order valence-electron chi connectivity index (χ1n) is 19.0. The van der Waals surface area contributed by atoms with Gasteiger partial charge >= 0.3 is 0 Å². The normalized spacial score (nSPS) is 13.3. The van der Waals surface area contributed by atoms with Crippen molar-refractivity contribution in [2.75, 3.05) is 0 Å². The number of nitrogens with zero attached hydrogens (tertiary/aromatic N) is 4. The molecule has 0 amide bonds. The zero-order valence-corrected chi connectivity index (χ0v) is 28.4. The third kappa shape index (κ3) is 4.47. The van der Waals surface area contributed by atoms with Crippen LogP contribution in [0.3, 0.4) is 0 Å². The molecule has 238 valence electrons. The molecule has 4 heterocycles. The first kappa shape index (κ1) is 24.0. The maximum Gasteiger partial charge on any atom is 0.164 e. The average Bonchev–Trinajstić information content (AvgIpc) is 3.91. The Bertz CT molecular complexity index is 3380. The van der Waals surface area contributed by atoms with Crippen LogP contribution in [0.25, 0.3) is 102 Å². The number of aromatic nitrogens is 4. The molecule has 0 fully saturated rings. The lowest BCUT2D eigenvalue weighted by atomic mass is 10.1. The molecular weight excluding hydrogens is 661 g/mol. The van der Waals surface area contributed by atoms with E-state index in [1.54, 1.807) is 22.7 Å². The molecule has 0 aliphatic carbocycles.